The Kier molecular flexibility index (Phi) is 9.53. The van der Waals surface area contributed by atoms with E-state index in [1.165, 1.54) is 10.9 Å². The minimum absolute atomic E-state index is 0.0521. The van der Waals surface area contributed by atoms with Gasteiger partial charge in [-0.25, -0.2) is 4.79 Å². The molecule has 3 aromatic rings. The second kappa shape index (κ2) is 12.7. The number of aromatic nitrogens is 2. The van der Waals surface area contributed by atoms with E-state index in [1.54, 1.807) is 7.11 Å². The lowest BCUT2D eigenvalue weighted by Gasteiger charge is -2.48. The third kappa shape index (κ3) is 6.57. The minimum Gasteiger partial charge on any atom is -0.444 e. The predicted octanol–water partition coefficient (Wildman–Crippen LogP) is 7.64. The quantitative estimate of drug-likeness (QED) is 0.265. The Balaban J connectivity index is 1.63. The first kappa shape index (κ1) is 32.9. The predicted molar refractivity (Wildman–Crippen MR) is 177 cm³/mol. The average molecular weight is 671 g/mol. The normalized spacial score (nSPS) is 21.5. The van der Waals surface area contributed by atoms with Crippen molar-refractivity contribution in [2.24, 2.45) is 5.41 Å². The van der Waals surface area contributed by atoms with Crippen LogP contribution in [-0.4, -0.2) is 70.3 Å². The summed E-state index contributed by atoms with van der Waals surface area (Å²) in [4.78, 5) is 20.2. The number of morpholine rings is 1. The highest BCUT2D eigenvalue weighted by atomic mass is 79.9. The van der Waals surface area contributed by atoms with Crippen LogP contribution in [0.5, 0.6) is 0 Å². The smallest absolute Gasteiger partial charge is 0.410 e. The van der Waals surface area contributed by atoms with Gasteiger partial charge < -0.3 is 23.9 Å². The number of aryl methyl sites for hydroxylation is 1. The molecule has 0 radical (unpaired) electrons. The summed E-state index contributed by atoms with van der Waals surface area (Å²) < 4.78 is 21.0. The van der Waals surface area contributed by atoms with Gasteiger partial charge in [0.1, 0.15) is 5.60 Å². The Labute approximate surface area is 270 Å². The van der Waals surface area contributed by atoms with Gasteiger partial charge in [0.15, 0.2) is 0 Å². The molecule has 0 aliphatic carbocycles. The zero-order valence-corrected chi connectivity index (χ0v) is 29.0. The van der Waals surface area contributed by atoms with Gasteiger partial charge in [0, 0.05) is 47.4 Å². The van der Waals surface area contributed by atoms with Gasteiger partial charge in [-0.1, -0.05) is 29.8 Å². The number of rotatable bonds is 8. The van der Waals surface area contributed by atoms with Crippen molar-refractivity contribution in [1.29, 1.82) is 0 Å². The summed E-state index contributed by atoms with van der Waals surface area (Å²) in [5.74, 6) is 0.219. The van der Waals surface area contributed by atoms with E-state index >= 15 is 0 Å². The molecule has 2 aliphatic heterocycles. The Morgan fingerprint density at radius 2 is 1.84 bits per heavy atom. The molecule has 2 aliphatic rings. The monoisotopic (exact) mass is 669 g/mol. The SMILES string of the molecule is CCn1c(-c2cc([C@@H]3C[C@H]4COC[C@@H](C3)N4C(=O)OC(C)(C)C)cnc2[C@H](C)OC)c(CC(C)(C)CO)c2cc(Br)ccc21. The molecule has 240 valence electrons. The van der Waals surface area contributed by atoms with E-state index in [0.29, 0.717) is 19.6 Å². The van der Waals surface area contributed by atoms with Crippen molar-refractivity contribution in [3.8, 4) is 11.3 Å². The van der Waals surface area contributed by atoms with E-state index in [0.717, 1.165) is 51.9 Å². The first-order valence-corrected chi connectivity index (χ1v) is 16.6. The maximum absolute atomic E-state index is 13.2. The number of pyridine rings is 1. The highest BCUT2D eigenvalue weighted by Crippen LogP contribution is 2.44. The topological polar surface area (TPSA) is 86.1 Å². The van der Waals surface area contributed by atoms with Crippen LogP contribution in [0.4, 0.5) is 4.79 Å². The van der Waals surface area contributed by atoms with Crippen molar-refractivity contribution >= 4 is 32.9 Å². The van der Waals surface area contributed by atoms with Gasteiger partial charge in [-0.3, -0.25) is 9.88 Å². The van der Waals surface area contributed by atoms with Crippen LogP contribution in [-0.2, 0) is 27.2 Å². The van der Waals surface area contributed by atoms with Crippen molar-refractivity contribution in [3.05, 3.63) is 51.8 Å². The third-order valence-corrected chi connectivity index (χ3v) is 9.55. The summed E-state index contributed by atoms with van der Waals surface area (Å²) in [6.45, 7) is 16.0. The number of hydrogen-bond acceptors (Lipinski definition) is 6. The number of hydrogen-bond donors (Lipinski definition) is 1. The molecule has 2 bridgehead atoms. The summed E-state index contributed by atoms with van der Waals surface area (Å²) >= 11 is 3.70. The molecule has 1 N–H and O–H groups in total. The molecule has 0 unspecified atom stereocenters. The molecule has 4 atom stereocenters. The van der Waals surface area contributed by atoms with Gasteiger partial charge in [0.2, 0.25) is 0 Å². The largest absolute Gasteiger partial charge is 0.444 e. The van der Waals surface area contributed by atoms with Gasteiger partial charge >= 0.3 is 6.09 Å². The van der Waals surface area contributed by atoms with Gasteiger partial charge in [-0.2, -0.15) is 0 Å². The number of ether oxygens (including phenoxy) is 3. The third-order valence-electron chi connectivity index (χ3n) is 9.06. The molecule has 5 rings (SSSR count). The lowest BCUT2D eigenvalue weighted by atomic mass is 9.80. The van der Waals surface area contributed by atoms with Gasteiger partial charge in [0.25, 0.3) is 0 Å². The second-order valence-electron chi connectivity index (χ2n) is 14.2. The van der Waals surface area contributed by atoms with E-state index in [4.69, 9.17) is 19.2 Å². The minimum atomic E-state index is -0.550. The molecule has 0 saturated carbocycles. The average Bonchev–Trinajstić information content (AvgIpc) is 3.26. The molecule has 0 spiro atoms. The fourth-order valence-electron chi connectivity index (χ4n) is 6.89. The van der Waals surface area contributed by atoms with E-state index in [-0.39, 0.29) is 42.2 Å². The highest BCUT2D eigenvalue weighted by Gasteiger charge is 2.44. The number of amides is 1. The first-order chi connectivity index (χ1) is 20.8. The molecular formula is C35H48BrN3O5. The summed E-state index contributed by atoms with van der Waals surface area (Å²) in [5.41, 5.74) is 5.75. The molecule has 1 amide bonds. The molecule has 9 heteroatoms. The van der Waals surface area contributed by atoms with Crippen LogP contribution in [0.25, 0.3) is 22.2 Å². The van der Waals surface area contributed by atoms with Crippen LogP contribution in [0, 0.1) is 5.41 Å². The van der Waals surface area contributed by atoms with Crippen LogP contribution in [0.2, 0.25) is 0 Å². The zero-order chi connectivity index (χ0) is 32.0. The van der Waals surface area contributed by atoms with E-state index in [9.17, 15) is 9.90 Å². The van der Waals surface area contributed by atoms with Crippen molar-refractivity contribution < 1.29 is 24.1 Å². The summed E-state index contributed by atoms with van der Waals surface area (Å²) in [6.07, 6.45) is 3.81. The molecule has 2 fully saturated rings. The number of methoxy groups -OCH3 is 1. The molecule has 44 heavy (non-hydrogen) atoms. The Hall–Kier alpha value is -2.46. The van der Waals surface area contributed by atoms with Crippen molar-refractivity contribution in [2.75, 3.05) is 26.9 Å². The van der Waals surface area contributed by atoms with Crippen LogP contribution in [0.3, 0.4) is 0 Å². The molecule has 8 nitrogen and oxygen atoms in total. The molecule has 1 aromatic carbocycles. The Morgan fingerprint density at radius 3 is 2.43 bits per heavy atom. The number of halogens is 1. The lowest BCUT2D eigenvalue weighted by Crippen LogP contribution is -2.59. The molecule has 2 saturated heterocycles. The summed E-state index contributed by atoms with van der Waals surface area (Å²) in [6, 6.07) is 8.66. The Bertz CT molecular complexity index is 1500. The van der Waals surface area contributed by atoms with Crippen molar-refractivity contribution in [2.45, 2.75) is 104 Å². The molecular weight excluding hydrogens is 622 g/mol. The van der Waals surface area contributed by atoms with Crippen LogP contribution in [0.15, 0.2) is 34.9 Å². The van der Waals surface area contributed by atoms with Crippen LogP contribution >= 0.6 is 15.9 Å². The molecule has 4 heterocycles. The van der Waals surface area contributed by atoms with E-state index < -0.39 is 5.60 Å². The number of aliphatic hydroxyl groups excluding tert-OH is 1. The lowest BCUT2D eigenvalue weighted by molar-refractivity contribution is -0.0825. The molecule has 2 aromatic heterocycles. The van der Waals surface area contributed by atoms with E-state index in [2.05, 4.69) is 65.5 Å². The highest BCUT2D eigenvalue weighted by molar-refractivity contribution is 9.10. The number of fused-ring (bicyclic) bond motifs is 3. The Morgan fingerprint density at radius 1 is 1.16 bits per heavy atom. The van der Waals surface area contributed by atoms with Gasteiger partial charge in [0.05, 0.1) is 42.8 Å². The summed E-state index contributed by atoms with van der Waals surface area (Å²) in [5, 5.41) is 11.5. The number of carbonyl (C=O) groups excluding carboxylic acids is 1. The van der Waals surface area contributed by atoms with Gasteiger partial charge in [-0.05, 0) is 101 Å². The maximum atomic E-state index is 13.2. The standard InChI is InChI=1S/C35H48BrN3O5/c1-9-38-30-11-10-24(36)15-27(30)29(16-35(6,7)20-40)32(38)28-14-23(17-37-31(28)21(2)42-8)22-12-25-18-43-19-26(13-22)39(25)33(41)44-34(3,4)5/h10-11,14-15,17,21-22,25-26,40H,9,12-13,16,18-20H2,1-8H3/t21-,22-,25+,26-/m0/s1. The van der Waals surface area contributed by atoms with Crippen molar-refractivity contribution in [1.82, 2.24) is 14.5 Å². The fraction of sp³-hybridized carbons (Fsp3) is 0.600. The van der Waals surface area contributed by atoms with Gasteiger partial charge in [-0.15, -0.1) is 0 Å². The number of carbonyl (C=O) groups is 1. The number of nitrogens with zero attached hydrogens (tertiary/aromatic N) is 3. The number of piperidine rings is 1. The summed E-state index contributed by atoms with van der Waals surface area (Å²) in [7, 11) is 1.72. The number of aliphatic hydroxyl groups is 1. The zero-order valence-electron chi connectivity index (χ0n) is 27.4. The second-order valence-corrected chi connectivity index (χ2v) is 15.1. The van der Waals surface area contributed by atoms with Crippen molar-refractivity contribution in [3.63, 3.8) is 0 Å². The first-order valence-electron chi connectivity index (χ1n) is 15.8. The van der Waals surface area contributed by atoms with E-state index in [1.807, 2.05) is 38.8 Å². The number of benzene rings is 1. The fourth-order valence-corrected chi connectivity index (χ4v) is 7.25. The maximum Gasteiger partial charge on any atom is 0.410 e. The van der Waals surface area contributed by atoms with Crippen LogP contribution < -0.4 is 0 Å². The van der Waals surface area contributed by atoms with Crippen LogP contribution in [0.1, 0.15) is 90.2 Å².